The fraction of sp³-hybridized carbons (Fsp3) is 0.0588. The second-order valence-corrected chi connectivity index (χ2v) is 24.3. The molecule has 0 saturated heterocycles. The number of pyridine rings is 1. The molecule has 0 aliphatic carbocycles. The summed E-state index contributed by atoms with van der Waals surface area (Å²) in [5.74, 6) is 0.282. The van der Waals surface area contributed by atoms with Crippen molar-refractivity contribution in [3.8, 4) is 23.3 Å². The molecule has 436 valence electrons. The maximum absolute atomic E-state index is 12.8. The topological polar surface area (TPSA) is 469 Å². The molecule has 0 bridgehead atoms. The van der Waals surface area contributed by atoms with Gasteiger partial charge in [0.1, 0.15) is 38.2 Å². The minimum absolute atomic E-state index is 0.0279. The predicted molar refractivity (Wildman–Crippen MR) is 313 cm³/mol. The van der Waals surface area contributed by atoms with Crippen molar-refractivity contribution in [3.05, 3.63) is 154 Å². The molecule has 0 aliphatic heterocycles. The van der Waals surface area contributed by atoms with Crippen LogP contribution in [0.4, 0.5) is 79.3 Å². The summed E-state index contributed by atoms with van der Waals surface area (Å²) in [4.78, 5) is 25.6. The van der Waals surface area contributed by atoms with Crippen molar-refractivity contribution in [1.82, 2.24) is 19.9 Å². The van der Waals surface area contributed by atoms with Crippen molar-refractivity contribution in [2.24, 2.45) is 20.5 Å². The van der Waals surface area contributed by atoms with Crippen molar-refractivity contribution < 1.29 is 56.8 Å². The number of anilines is 9. The minimum Gasteiger partial charge on any atom is -0.354 e. The lowest BCUT2D eigenvalue weighted by atomic mass is 10.0. The van der Waals surface area contributed by atoms with E-state index in [1.165, 1.54) is 31.2 Å². The number of non-ortho nitro benzene ring substituents is 1. The van der Waals surface area contributed by atoms with Crippen molar-refractivity contribution in [3.63, 3.8) is 0 Å². The van der Waals surface area contributed by atoms with Gasteiger partial charge < -0.3 is 26.6 Å². The number of para-hydroxylation sites is 1. The van der Waals surface area contributed by atoms with E-state index in [4.69, 9.17) is 0 Å². The molecule has 0 saturated carbocycles. The SMILES string of the molecule is CCNc1nc(Nc2ccccc2)nc(Nc2ccc(-c3c(/N=N/c4cc(S(=O)(=O)O)c5cc([N+](=O)[O-])cc(S(=O)(=O)O)c5c4)sc(N=Nc4c(Nc5ccc(S(=O)(=O)O)cc5)nc(Nc5ccc(S(=O)(=O)O)cc5)c(C#N)c4C)c3C#N)cc2)n1. The number of nitrogens with one attached hydrogen (secondary N) is 5. The van der Waals surface area contributed by atoms with E-state index >= 15 is 0 Å². The fourth-order valence-corrected chi connectivity index (χ4v) is 11.4. The van der Waals surface area contributed by atoms with Gasteiger partial charge in [-0.05, 0) is 104 Å². The third kappa shape index (κ3) is 13.7. The van der Waals surface area contributed by atoms with Gasteiger partial charge >= 0.3 is 0 Å². The van der Waals surface area contributed by atoms with E-state index in [1.54, 1.807) is 24.3 Å². The number of nitrogens with zero attached hydrogens (tertiary/aromatic N) is 11. The van der Waals surface area contributed by atoms with Gasteiger partial charge in [-0.2, -0.15) is 59.1 Å². The monoisotopic (exact) mass is 1260 g/mol. The summed E-state index contributed by atoms with van der Waals surface area (Å²) < 4.78 is 138. The third-order valence-electron chi connectivity index (χ3n) is 12.0. The Hall–Kier alpha value is -10.3. The van der Waals surface area contributed by atoms with Crippen molar-refractivity contribution in [1.29, 1.82) is 10.5 Å². The van der Waals surface area contributed by atoms with Gasteiger partial charge in [-0.15, -0.1) is 20.5 Å². The van der Waals surface area contributed by atoms with Gasteiger partial charge in [-0.3, -0.25) is 28.3 Å². The van der Waals surface area contributed by atoms with Crippen LogP contribution in [0.1, 0.15) is 23.6 Å². The number of hydrogen-bond donors (Lipinski definition) is 9. The van der Waals surface area contributed by atoms with E-state index in [2.05, 4.69) is 73.0 Å². The van der Waals surface area contributed by atoms with Crippen LogP contribution in [0.2, 0.25) is 0 Å². The van der Waals surface area contributed by atoms with Gasteiger partial charge in [0.25, 0.3) is 46.2 Å². The molecule has 0 spiro atoms. The Kier molecular flexibility index (Phi) is 16.9. The highest BCUT2D eigenvalue weighted by Gasteiger charge is 2.27. The molecule has 0 atom stereocenters. The van der Waals surface area contributed by atoms with Gasteiger partial charge in [0.2, 0.25) is 17.8 Å². The van der Waals surface area contributed by atoms with Crippen molar-refractivity contribution in [2.75, 3.05) is 33.1 Å². The largest absolute Gasteiger partial charge is 0.354 e. The van der Waals surface area contributed by atoms with Crippen LogP contribution in [0.5, 0.6) is 0 Å². The standard InChI is InChI=1S/C51H38N16O14S5/c1-3-54-49-60-50(57-29-7-5-4-6-8-29)62-51(61-49)58-32-11-9-28(10-12-32)43-40(26-53)47(82-48(43)66-63-33-21-37-38(41(22-33)85(76,77)78)23-34(67(68)69)24-42(37)86(79,80)81)65-64-44-27(2)39(25-52)45(55-30-13-17-35(18-14-30)83(70,71)72)59-46(44)56-31-15-19-36(20-16-31)84(73,74)75/h4-24H,3H2,1-2H3,(H2,55,56,59)(H,70,71,72)(H,73,74,75)(H,76,77,78)(H,79,80,81)(H3,54,57,58,60,61,62)/b65-64?,66-63+. The van der Waals surface area contributed by atoms with Crippen LogP contribution < -0.4 is 26.6 Å². The molecule has 9 aromatic rings. The number of nitriles is 2. The zero-order valence-corrected chi connectivity index (χ0v) is 47.7. The Labute approximate surface area is 490 Å². The lowest BCUT2D eigenvalue weighted by molar-refractivity contribution is -0.384. The molecular weight excluding hydrogens is 1220 g/mol. The Morgan fingerprint density at radius 1 is 0.558 bits per heavy atom. The van der Waals surface area contributed by atoms with Crippen LogP contribution in [0, 0.1) is 39.7 Å². The molecule has 3 heterocycles. The summed E-state index contributed by atoms with van der Waals surface area (Å²) in [5, 5.41) is 64.2. The summed E-state index contributed by atoms with van der Waals surface area (Å²) in [6.07, 6.45) is 0. The Bertz CT molecular complexity index is 4830. The molecule has 0 fully saturated rings. The lowest BCUT2D eigenvalue weighted by Crippen LogP contribution is -2.09. The average molecular weight is 1260 g/mol. The molecule has 6 aromatic carbocycles. The van der Waals surface area contributed by atoms with E-state index in [9.17, 15) is 72.5 Å². The fourth-order valence-electron chi connectivity index (χ4n) is 8.12. The number of azo groups is 2. The number of rotatable bonds is 20. The van der Waals surface area contributed by atoms with E-state index in [-0.39, 0.29) is 84.4 Å². The Morgan fingerprint density at radius 2 is 1.05 bits per heavy atom. The first-order chi connectivity index (χ1) is 40.7. The number of nitro benzene ring substituents is 1. The molecule has 0 radical (unpaired) electrons. The first kappa shape index (κ1) is 60.3. The van der Waals surface area contributed by atoms with Gasteiger partial charge in [0, 0.05) is 63.3 Å². The normalized spacial score (nSPS) is 12.0. The van der Waals surface area contributed by atoms with Crippen molar-refractivity contribution in [2.45, 2.75) is 33.4 Å². The third-order valence-corrected chi connectivity index (χ3v) is 16.5. The molecule has 0 amide bonds. The summed E-state index contributed by atoms with van der Waals surface area (Å²) >= 11 is 0.685. The molecule has 9 N–H and O–H groups in total. The van der Waals surface area contributed by atoms with Crippen LogP contribution in [0.15, 0.2) is 167 Å². The van der Waals surface area contributed by atoms with Crippen molar-refractivity contribution >= 4 is 142 Å². The van der Waals surface area contributed by atoms with Crippen LogP contribution in [0.3, 0.4) is 0 Å². The molecule has 86 heavy (non-hydrogen) atoms. The number of hydrogen-bond acceptors (Lipinski definition) is 26. The molecule has 9 rings (SSSR count). The van der Waals surface area contributed by atoms with Gasteiger partial charge in [0.15, 0.2) is 16.6 Å². The molecule has 0 aliphatic rings. The smallest absolute Gasteiger partial charge is 0.295 e. The number of aromatic nitrogens is 4. The van der Waals surface area contributed by atoms with Gasteiger partial charge in [0.05, 0.1) is 26.0 Å². The second-order valence-electron chi connectivity index (χ2n) is 17.7. The first-order valence-electron chi connectivity index (χ1n) is 24.2. The van der Waals surface area contributed by atoms with E-state index in [0.717, 1.165) is 36.4 Å². The number of nitro groups is 1. The zero-order chi connectivity index (χ0) is 61.9. The quantitative estimate of drug-likeness (QED) is 0.0148. The molecule has 35 heteroatoms. The van der Waals surface area contributed by atoms with Gasteiger partial charge in [-0.1, -0.05) is 41.7 Å². The van der Waals surface area contributed by atoms with E-state index < -0.39 is 87.1 Å². The molecule has 0 unspecified atom stereocenters. The Balaban J connectivity index is 1.19. The highest BCUT2D eigenvalue weighted by Crippen LogP contribution is 2.49. The highest BCUT2D eigenvalue weighted by atomic mass is 32.2. The summed E-state index contributed by atoms with van der Waals surface area (Å²) in [6.45, 7) is 3.79. The minimum atomic E-state index is -5.34. The summed E-state index contributed by atoms with van der Waals surface area (Å²) in [6, 6.07) is 31.7. The lowest BCUT2D eigenvalue weighted by Gasteiger charge is -2.16. The van der Waals surface area contributed by atoms with Crippen LogP contribution >= 0.6 is 11.3 Å². The molecular formula is C51H38N16O14S5. The maximum atomic E-state index is 12.8. The second kappa shape index (κ2) is 24.1. The van der Waals surface area contributed by atoms with Crippen LogP contribution in [-0.4, -0.2) is 83.3 Å². The molecule has 30 nitrogen and oxygen atoms in total. The average Bonchev–Trinajstić information content (AvgIpc) is 1.13. The first-order valence-corrected chi connectivity index (χ1v) is 30.7. The number of thiophene rings is 1. The van der Waals surface area contributed by atoms with Crippen LogP contribution in [-0.2, 0) is 40.5 Å². The zero-order valence-electron chi connectivity index (χ0n) is 43.7. The summed E-state index contributed by atoms with van der Waals surface area (Å²) in [5.41, 5.74) is -0.0610. The number of benzene rings is 6. The molecule has 3 aromatic heterocycles. The summed E-state index contributed by atoms with van der Waals surface area (Å²) in [7, 11) is -19.9. The van der Waals surface area contributed by atoms with E-state index in [1.807, 2.05) is 43.3 Å². The number of fused-ring (bicyclic) bond motifs is 1. The Morgan fingerprint density at radius 3 is 1.57 bits per heavy atom. The maximum Gasteiger partial charge on any atom is 0.295 e. The van der Waals surface area contributed by atoms with Gasteiger partial charge in [-0.25, -0.2) is 4.98 Å². The predicted octanol–water partition coefficient (Wildman–Crippen LogP) is 11.3. The van der Waals surface area contributed by atoms with Crippen LogP contribution in [0.25, 0.3) is 21.9 Å². The highest BCUT2D eigenvalue weighted by molar-refractivity contribution is 7.87. The van der Waals surface area contributed by atoms with E-state index in [0.29, 0.717) is 41.4 Å².